The van der Waals surface area contributed by atoms with E-state index in [9.17, 15) is 14.4 Å². The van der Waals surface area contributed by atoms with E-state index in [1.54, 1.807) is 26.8 Å². The molecule has 1 aromatic heterocycles. The molecule has 3 rings (SSSR count). The van der Waals surface area contributed by atoms with Gasteiger partial charge in [-0.2, -0.15) is 0 Å². The van der Waals surface area contributed by atoms with Gasteiger partial charge in [-0.05, 0) is 26.8 Å². The van der Waals surface area contributed by atoms with Crippen LogP contribution in [0.2, 0.25) is 5.15 Å². The Kier molecular flexibility index (Phi) is 3.48. The van der Waals surface area contributed by atoms with Gasteiger partial charge in [-0.25, -0.2) is 4.98 Å². The fraction of sp³-hybridized carbons (Fsp3) is 0.500. The smallest absolute Gasteiger partial charge is 0.326 e. The number of ether oxygens (including phenoxy) is 1. The second kappa shape index (κ2) is 5.03. The number of nitrogens with zero attached hydrogens (tertiary/aromatic N) is 2. The van der Waals surface area contributed by atoms with Crippen LogP contribution in [0.1, 0.15) is 39.2 Å². The van der Waals surface area contributed by atoms with Crippen LogP contribution in [0.15, 0.2) is 12.3 Å². The molecule has 1 aromatic rings. The highest BCUT2D eigenvalue weighted by Gasteiger charge is 2.59. The lowest BCUT2D eigenvalue weighted by Gasteiger charge is -2.35. The highest BCUT2D eigenvalue weighted by atomic mass is 35.5. The third-order valence-corrected chi connectivity index (χ3v) is 4.22. The van der Waals surface area contributed by atoms with Gasteiger partial charge in [0.15, 0.2) is 0 Å². The third kappa shape index (κ3) is 2.61. The highest BCUT2D eigenvalue weighted by molar-refractivity contribution is 6.30. The van der Waals surface area contributed by atoms with Crippen molar-refractivity contribution in [2.45, 2.75) is 44.6 Å². The molecule has 23 heavy (non-hydrogen) atoms. The number of anilines is 1. The van der Waals surface area contributed by atoms with Crippen LogP contribution in [0.25, 0.3) is 0 Å². The summed E-state index contributed by atoms with van der Waals surface area (Å²) < 4.78 is 5.29. The molecule has 1 aliphatic carbocycles. The van der Waals surface area contributed by atoms with Crippen LogP contribution in [-0.4, -0.2) is 34.8 Å². The molecule has 7 heteroatoms. The lowest BCUT2D eigenvalue weighted by Crippen LogP contribution is -2.51. The first kappa shape index (κ1) is 15.9. The summed E-state index contributed by atoms with van der Waals surface area (Å²) >= 11 is 5.93. The van der Waals surface area contributed by atoms with Crippen molar-refractivity contribution in [3.63, 3.8) is 0 Å². The topological polar surface area (TPSA) is 76.6 Å². The van der Waals surface area contributed by atoms with Crippen LogP contribution in [-0.2, 0) is 24.5 Å². The van der Waals surface area contributed by atoms with E-state index in [0.29, 0.717) is 11.3 Å². The maximum Gasteiger partial charge on any atom is 0.326 e. The summed E-state index contributed by atoms with van der Waals surface area (Å²) in [6.07, 6.45) is 1.82. The monoisotopic (exact) mass is 336 g/mol. The molecule has 1 amide bonds. The van der Waals surface area contributed by atoms with Crippen molar-refractivity contribution < 1.29 is 19.1 Å². The van der Waals surface area contributed by atoms with Crippen LogP contribution in [0.3, 0.4) is 0 Å². The summed E-state index contributed by atoms with van der Waals surface area (Å²) in [5, 5.41) is 0.230. The number of halogens is 1. The number of rotatable bonds is 2. The molecule has 122 valence electrons. The Morgan fingerprint density at radius 3 is 2.61 bits per heavy atom. The van der Waals surface area contributed by atoms with E-state index in [4.69, 9.17) is 16.3 Å². The molecule has 0 atom stereocenters. The second-order valence-corrected chi connectivity index (χ2v) is 7.36. The number of Topliss-reactive ketones (excluding diaryl/α,β-unsaturated/α-hetero) is 1. The maximum atomic E-state index is 12.8. The van der Waals surface area contributed by atoms with Crippen molar-refractivity contribution in [2.75, 3.05) is 11.4 Å². The standard InChI is InChI=1S/C16H17ClN2O4/c1-15(2,3)23-13(21)8-19-11-4-12(17)18-7-10(11)16(14(19)22)5-9(20)6-16/h4,7H,5-6,8H2,1-3H3. The fourth-order valence-electron chi connectivity index (χ4n) is 3.12. The molecule has 6 nitrogen and oxygen atoms in total. The van der Waals surface area contributed by atoms with Gasteiger partial charge >= 0.3 is 5.97 Å². The summed E-state index contributed by atoms with van der Waals surface area (Å²) in [6, 6.07) is 1.55. The van der Waals surface area contributed by atoms with Gasteiger partial charge in [0.1, 0.15) is 23.1 Å². The van der Waals surface area contributed by atoms with Gasteiger partial charge in [0.2, 0.25) is 5.91 Å². The van der Waals surface area contributed by atoms with Gasteiger partial charge in [0.25, 0.3) is 0 Å². The van der Waals surface area contributed by atoms with Gasteiger partial charge in [-0.1, -0.05) is 11.6 Å². The SMILES string of the molecule is CC(C)(C)OC(=O)CN1C(=O)C2(CC(=O)C2)c2cnc(Cl)cc21. The number of fused-ring (bicyclic) bond motifs is 2. The molecular weight excluding hydrogens is 320 g/mol. The molecule has 1 fully saturated rings. The van der Waals surface area contributed by atoms with E-state index in [1.807, 2.05) is 0 Å². The molecule has 0 radical (unpaired) electrons. The number of esters is 1. The van der Waals surface area contributed by atoms with Crippen molar-refractivity contribution in [1.82, 2.24) is 4.98 Å². The van der Waals surface area contributed by atoms with E-state index in [-0.39, 0.29) is 36.2 Å². The Labute approximate surface area is 138 Å². The minimum absolute atomic E-state index is 0.0263. The number of carbonyl (C=O) groups is 3. The Morgan fingerprint density at radius 2 is 2.04 bits per heavy atom. The van der Waals surface area contributed by atoms with E-state index in [0.717, 1.165) is 0 Å². The Morgan fingerprint density at radius 1 is 1.39 bits per heavy atom. The first-order valence-corrected chi connectivity index (χ1v) is 7.72. The summed E-state index contributed by atoms with van der Waals surface area (Å²) in [4.78, 5) is 41.8. The first-order valence-electron chi connectivity index (χ1n) is 7.34. The third-order valence-electron chi connectivity index (χ3n) is 4.01. The van der Waals surface area contributed by atoms with Crippen LogP contribution in [0.4, 0.5) is 5.69 Å². The summed E-state index contributed by atoms with van der Waals surface area (Å²) in [6.45, 7) is 5.08. The number of ketones is 1. The normalized spacial score (nSPS) is 18.9. The average Bonchev–Trinajstić information content (AvgIpc) is 2.59. The zero-order valence-corrected chi connectivity index (χ0v) is 13.9. The second-order valence-electron chi connectivity index (χ2n) is 6.98. The first-order chi connectivity index (χ1) is 10.6. The number of amides is 1. The predicted molar refractivity (Wildman–Crippen MR) is 83.4 cm³/mol. The maximum absolute atomic E-state index is 12.8. The predicted octanol–water partition coefficient (Wildman–Crippen LogP) is 2.02. The van der Waals surface area contributed by atoms with Crippen LogP contribution >= 0.6 is 11.6 Å². The van der Waals surface area contributed by atoms with Gasteiger partial charge < -0.3 is 4.74 Å². The van der Waals surface area contributed by atoms with Crippen LogP contribution in [0.5, 0.6) is 0 Å². The van der Waals surface area contributed by atoms with Gasteiger partial charge in [-0.15, -0.1) is 0 Å². The number of pyridine rings is 1. The molecule has 0 N–H and O–H groups in total. The van der Waals surface area contributed by atoms with E-state index in [1.165, 1.54) is 11.1 Å². The molecule has 2 heterocycles. The summed E-state index contributed by atoms with van der Waals surface area (Å²) in [5.74, 6) is -0.743. The Bertz CT molecular complexity index is 715. The zero-order valence-electron chi connectivity index (χ0n) is 13.2. The minimum atomic E-state index is -0.883. The average molecular weight is 337 g/mol. The van der Waals surface area contributed by atoms with Crippen molar-refractivity contribution in [3.05, 3.63) is 23.0 Å². The van der Waals surface area contributed by atoms with Gasteiger partial charge in [0, 0.05) is 24.6 Å². The lowest BCUT2D eigenvalue weighted by molar-refractivity contribution is -0.153. The molecule has 0 bridgehead atoms. The van der Waals surface area contributed by atoms with Crippen molar-refractivity contribution in [3.8, 4) is 0 Å². The van der Waals surface area contributed by atoms with E-state index < -0.39 is 17.0 Å². The van der Waals surface area contributed by atoms with Crippen LogP contribution in [0, 0.1) is 0 Å². The minimum Gasteiger partial charge on any atom is -0.459 e. The van der Waals surface area contributed by atoms with Gasteiger partial charge in [0.05, 0.1) is 11.1 Å². The van der Waals surface area contributed by atoms with Crippen LogP contribution < -0.4 is 4.90 Å². The zero-order chi connectivity index (χ0) is 17.0. The largest absolute Gasteiger partial charge is 0.459 e. The van der Waals surface area contributed by atoms with E-state index in [2.05, 4.69) is 4.98 Å². The molecular formula is C16H17ClN2O4. The van der Waals surface area contributed by atoms with Gasteiger partial charge in [-0.3, -0.25) is 19.3 Å². The Balaban J connectivity index is 1.93. The van der Waals surface area contributed by atoms with Crippen molar-refractivity contribution in [1.29, 1.82) is 0 Å². The molecule has 0 aromatic carbocycles. The van der Waals surface area contributed by atoms with Crippen molar-refractivity contribution in [2.24, 2.45) is 0 Å². The number of hydrogen-bond donors (Lipinski definition) is 0. The molecule has 0 saturated heterocycles. The summed E-state index contributed by atoms with van der Waals surface area (Å²) in [7, 11) is 0. The summed E-state index contributed by atoms with van der Waals surface area (Å²) in [5.41, 5.74) is -0.322. The van der Waals surface area contributed by atoms with E-state index >= 15 is 0 Å². The molecule has 1 spiro atoms. The quantitative estimate of drug-likeness (QED) is 0.610. The fourth-order valence-corrected chi connectivity index (χ4v) is 3.27. The number of hydrogen-bond acceptors (Lipinski definition) is 5. The molecule has 0 unspecified atom stereocenters. The lowest BCUT2D eigenvalue weighted by atomic mass is 9.64. The number of aromatic nitrogens is 1. The molecule has 1 saturated carbocycles. The Hall–Kier alpha value is -1.95. The molecule has 2 aliphatic rings. The molecule has 1 aliphatic heterocycles. The highest BCUT2D eigenvalue weighted by Crippen LogP contribution is 2.51. The number of carbonyl (C=O) groups excluding carboxylic acids is 3. The van der Waals surface area contributed by atoms with Crippen molar-refractivity contribution >= 4 is 34.9 Å².